The number of ether oxygens (including phenoxy) is 2. The minimum Gasteiger partial charge on any atom is -0.454 e. The highest BCUT2D eigenvalue weighted by molar-refractivity contribution is 7.17. The quantitative estimate of drug-likeness (QED) is 0.647. The maximum Gasteiger partial charge on any atom is 0.263 e. The van der Waals surface area contributed by atoms with E-state index in [1.54, 1.807) is 0 Å². The molecule has 0 aliphatic carbocycles. The molecule has 1 aliphatic heterocycles. The van der Waals surface area contributed by atoms with Crippen LogP contribution < -0.4 is 20.1 Å². The van der Waals surface area contributed by atoms with Crippen LogP contribution in [-0.2, 0) is 13.0 Å². The van der Waals surface area contributed by atoms with Crippen molar-refractivity contribution in [2.45, 2.75) is 26.8 Å². The number of rotatable bonds is 6. The Kier molecular flexibility index (Phi) is 5.16. The van der Waals surface area contributed by atoms with Crippen molar-refractivity contribution in [1.82, 2.24) is 10.3 Å². The number of aryl methyl sites for hydroxylation is 2. The van der Waals surface area contributed by atoms with Gasteiger partial charge in [0, 0.05) is 12.2 Å². The first-order chi connectivity index (χ1) is 13.6. The van der Waals surface area contributed by atoms with Crippen LogP contribution in [0.2, 0.25) is 0 Å². The molecule has 0 fully saturated rings. The van der Waals surface area contributed by atoms with Crippen LogP contribution in [0.25, 0.3) is 0 Å². The third kappa shape index (κ3) is 3.80. The number of hydrogen-bond acceptors (Lipinski definition) is 6. The summed E-state index contributed by atoms with van der Waals surface area (Å²) in [6.07, 6.45) is 0.927. The fourth-order valence-corrected chi connectivity index (χ4v) is 3.93. The molecule has 4 rings (SSSR count). The highest BCUT2D eigenvalue weighted by Gasteiger charge is 2.17. The van der Waals surface area contributed by atoms with E-state index in [-0.39, 0.29) is 12.7 Å². The van der Waals surface area contributed by atoms with Crippen LogP contribution in [-0.4, -0.2) is 17.7 Å². The minimum atomic E-state index is -0.135. The number of benzene rings is 2. The van der Waals surface area contributed by atoms with E-state index in [2.05, 4.69) is 28.6 Å². The van der Waals surface area contributed by atoms with E-state index in [0.29, 0.717) is 28.0 Å². The van der Waals surface area contributed by atoms with Crippen LogP contribution in [0.4, 0.5) is 10.8 Å². The second-order valence-corrected chi connectivity index (χ2v) is 7.44. The first kappa shape index (κ1) is 18.3. The summed E-state index contributed by atoms with van der Waals surface area (Å²) in [6.45, 7) is 4.61. The maximum atomic E-state index is 12.6. The van der Waals surface area contributed by atoms with Gasteiger partial charge in [-0.05, 0) is 42.7 Å². The molecular weight excluding hydrogens is 374 g/mol. The monoisotopic (exact) mass is 395 g/mol. The Morgan fingerprint density at radius 2 is 2.00 bits per heavy atom. The molecule has 1 aromatic heterocycles. The van der Waals surface area contributed by atoms with Crippen LogP contribution >= 0.6 is 11.3 Å². The number of aromatic nitrogens is 1. The molecule has 144 valence electrons. The van der Waals surface area contributed by atoms with Gasteiger partial charge in [-0.15, -0.1) is 0 Å². The van der Waals surface area contributed by atoms with E-state index in [0.717, 1.165) is 23.4 Å². The lowest BCUT2D eigenvalue weighted by atomic mass is 10.1. The summed E-state index contributed by atoms with van der Waals surface area (Å²) in [6, 6.07) is 13.8. The van der Waals surface area contributed by atoms with Crippen LogP contribution in [0.15, 0.2) is 42.5 Å². The predicted molar refractivity (Wildman–Crippen MR) is 110 cm³/mol. The number of para-hydroxylation sites is 1. The van der Waals surface area contributed by atoms with E-state index in [1.807, 2.05) is 43.3 Å². The number of anilines is 2. The van der Waals surface area contributed by atoms with Crippen molar-refractivity contribution in [3.05, 3.63) is 64.2 Å². The zero-order valence-corrected chi connectivity index (χ0v) is 16.6. The maximum absolute atomic E-state index is 12.6. The summed E-state index contributed by atoms with van der Waals surface area (Å²) < 4.78 is 10.7. The molecule has 0 saturated carbocycles. The molecule has 0 atom stereocenters. The van der Waals surface area contributed by atoms with Crippen LogP contribution in [0.1, 0.15) is 33.4 Å². The molecule has 0 bridgehead atoms. The number of thiazole rings is 1. The smallest absolute Gasteiger partial charge is 0.263 e. The van der Waals surface area contributed by atoms with Gasteiger partial charge in [-0.25, -0.2) is 4.98 Å². The predicted octanol–water partition coefficient (Wildman–Crippen LogP) is 4.42. The second-order valence-electron chi connectivity index (χ2n) is 6.44. The average Bonchev–Trinajstić information content (AvgIpc) is 3.32. The van der Waals surface area contributed by atoms with Gasteiger partial charge in [0.15, 0.2) is 16.6 Å². The second kappa shape index (κ2) is 7.90. The molecule has 0 unspecified atom stereocenters. The summed E-state index contributed by atoms with van der Waals surface area (Å²) in [5, 5.41) is 7.01. The van der Waals surface area contributed by atoms with Crippen molar-refractivity contribution in [1.29, 1.82) is 0 Å². The van der Waals surface area contributed by atoms with Crippen molar-refractivity contribution in [3.63, 3.8) is 0 Å². The third-order valence-electron chi connectivity index (χ3n) is 4.53. The van der Waals surface area contributed by atoms with Gasteiger partial charge in [-0.2, -0.15) is 0 Å². The lowest BCUT2D eigenvalue weighted by Crippen LogP contribution is -2.22. The molecule has 7 heteroatoms. The molecule has 2 N–H and O–H groups in total. The molecule has 1 aliphatic rings. The number of hydrogen-bond donors (Lipinski definition) is 2. The Bertz CT molecular complexity index is 1020. The van der Waals surface area contributed by atoms with E-state index >= 15 is 0 Å². The van der Waals surface area contributed by atoms with Gasteiger partial charge in [0.05, 0.1) is 5.69 Å². The largest absolute Gasteiger partial charge is 0.454 e. The van der Waals surface area contributed by atoms with E-state index in [4.69, 9.17) is 9.47 Å². The van der Waals surface area contributed by atoms with Crippen molar-refractivity contribution in [2.24, 2.45) is 0 Å². The Morgan fingerprint density at radius 3 is 2.86 bits per heavy atom. The van der Waals surface area contributed by atoms with Crippen LogP contribution in [0, 0.1) is 6.92 Å². The molecule has 28 heavy (non-hydrogen) atoms. The number of fused-ring (bicyclic) bond motifs is 1. The first-order valence-corrected chi connectivity index (χ1v) is 9.94. The molecule has 2 heterocycles. The topological polar surface area (TPSA) is 72.5 Å². The zero-order valence-electron chi connectivity index (χ0n) is 15.7. The van der Waals surface area contributed by atoms with E-state index in [9.17, 15) is 4.79 Å². The standard InChI is InChI=1S/C21H21N3O3S/c1-3-15-6-4-5-7-16(15)24-21-23-13(2)19(28-21)20(25)22-11-14-8-9-17-18(10-14)27-12-26-17/h4-10H,3,11-12H2,1-2H3,(H,22,25)(H,23,24). The zero-order chi connectivity index (χ0) is 19.5. The lowest BCUT2D eigenvalue weighted by Gasteiger charge is -2.07. The third-order valence-corrected chi connectivity index (χ3v) is 5.60. The highest BCUT2D eigenvalue weighted by atomic mass is 32.1. The lowest BCUT2D eigenvalue weighted by molar-refractivity contribution is 0.0954. The first-order valence-electron chi connectivity index (χ1n) is 9.13. The number of amides is 1. The fraction of sp³-hybridized carbons (Fsp3) is 0.238. The van der Waals surface area contributed by atoms with Gasteiger partial charge in [-0.3, -0.25) is 4.79 Å². The number of carbonyl (C=O) groups excluding carboxylic acids is 1. The SMILES string of the molecule is CCc1ccccc1Nc1nc(C)c(C(=O)NCc2ccc3c(c2)OCO3)s1. The molecule has 2 aromatic carbocycles. The van der Waals surface area contributed by atoms with Crippen LogP contribution in [0.3, 0.4) is 0 Å². The van der Waals surface area contributed by atoms with Gasteiger partial charge in [0.1, 0.15) is 4.88 Å². The number of nitrogens with zero attached hydrogens (tertiary/aromatic N) is 1. The molecule has 0 radical (unpaired) electrons. The Morgan fingerprint density at radius 1 is 1.18 bits per heavy atom. The van der Waals surface area contributed by atoms with Gasteiger partial charge in [0.2, 0.25) is 6.79 Å². The molecule has 0 spiro atoms. The number of nitrogens with one attached hydrogen (secondary N) is 2. The highest BCUT2D eigenvalue weighted by Crippen LogP contribution is 2.32. The Hall–Kier alpha value is -3.06. The summed E-state index contributed by atoms with van der Waals surface area (Å²) in [7, 11) is 0. The summed E-state index contributed by atoms with van der Waals surface area (Å²) >= 11 is 1.36. The molecule has 1 amide bonds. The van der Waals surface area contributed by atoms with E-state index < -0.39 is 0 Å². The molecule has 3 aromatic rings. The van der Waals surface area contributed by atoms with Gasteiger partial charge in [-0.1, -0.05) is 42.5 Å². The fourth-order valence-electron chi connectivity index (χ4n) is 3.04. The van der Waals surface area contributed by atoms with Gasteiger partial charge in [0.25, 0.3) is 5.91 Å². The van der Waals surface area contributed by atoms with Gasteiger partial charge >= 0.3 is 0 Å². The molecular formula is C21H21N3O3S. The van der Waals surface area contributed by atoms with Crippen molar-refractivity contribution in [2.75, 3.05) is 12.1 Å². The summed E-state index contributed by atoms with van der Waals surface area (Å²) in [4.78, 5) is 17.8. The normalized spacial score (nSPS) is 12.1. The average molecular weight is 395 g/mol. The van der Waals surface area contributed by atoms with Crippen molar-refractivity contribution in [3.8, 4) is 11.5 Å². The van der Waals surface area contributed by atoms with Crippen molar-refractivity contribution < 1.29 is 14.3 Å². The summed E-state index contributed by atoms with van der Waals surface area (Å²) in [5.41, 5.74) is 3.90. The summed E-state index contributed by atoms with van der Waals surface area (Å²) in [5.74, 6) is 1.31. The number of carbonyl (C=O) groups is 1. The van der Waals surface area contributed by atoms with Gasteiger partial charge < -0.3 is 20.1 Å². The Balaban J connectivity index is 1.43. The molecule has 6 nitrogen and oxygen atoms in total. The van der Waals surface area contributed by atoms with Crippen molar-refractivity contribution >= 4 is 28.1 Å². The molecule has 0 saturated heterocycles. The van der Waals surface area contributed by atoms with E-state index in [1.165, 1.54) is 16.9 Å². The Labute approximate surface area is 167 Å². The van der Waals surface area contributed by atoms with Crippen LogP contribution in [0.5, 0.6) is 11.5 Å². The minimum absolute atomic E-state index is 0.135.